The maximum atomic E-state index is 6.11. The average molecular weight is 272 g/mol. The van der Waals surface area contributed by atoms with Crippen molar-refractivity contribution < 1.29 is 0 Å². The molecule has 1 N–H and O–H groups in total. The second-order valence-electron chi connectivity index (χ2n) is 4.97. The number of rotatable bonds is 5. The molecule has 0 aliphatic heterocycles. The van der Waals surface area contributed by atoms with Gasteiger partial charge in [0.25, 0.3) is 0 Å². The quantitative estimate of drug-likeness (QED) is 0.792. The summed E-state index contributed by atoms with van der Waals surface area (Å²) >= 11 is 8.05. The van der Waals surface area contributed by atoms with Crippen LogP contribution in [0.2, 0.25) is 0 Å². The predicted molar refractivity (Wildman–Crippen MR) is 77.0 cm³/mol. The maximum Gasteiger partial charge on any atom is 0.0336 e. The first-order valence-electron chi connectivity index (χ1n) is 6.70. The molecule has 0 amide bonds. The Morgan fingerprint density at radius 3 is 2.59 bits per heavy atom. The van der Waals surface area contributed by atoms with Crippen LogP contribution < -0.4 is 5.32 Å². The SMILES string of the molecule is CCc1ccc(CNCC2CCC(Cl)CC2)s1. The summed E-state index contributed by atoms with van der Waals surface area (Å²) in [6.45, 7) is 4.40. The molecule has 1 aromatic heterocycles. The Hall–Kier alpha value is -0.0500. The monoisotopic (exact) mass is 271 g/mol. The van der Waals surface area contributed by atoms with Crippen LogP contribution in [-0.2, 0) is 13.0 Å². The third-order valence-corrected chi connectivity index (χ3v) is 5.24. The van der Waals surface area contributed by atoms with E-state index in [0.717, 1.165) is 25.4 Å². The van der Waals surface area contributed by atoms with E-state index in [9.17, 15) is 0 Å². The zero-order chi connectivity index (χ0) is 12.1. The van der Waals surface area contributed by atoms with Gasteiger partial charge in [0, 0.05) is 21.7 Å². The molecule has 0 radical (unpaired) electrons. The van der Waals surface area contributed by atoms with E-state index in [2.05, 4.69) is 24.4 Å². The van der Waals surface area contributed by atoms with Gasteiger partial charge < -0.3 is 5.32 Å². The summed E-state index contributed by atoms with van der Waals surface area (Å²) in [4.78, 5) is 2.96. The Labute approximate surface area is 114 Å². The van der Waals surface area contributed by atoms with Crippen molar-refractivity contribution in [3.05, 3.63) is 21.9 Å². The number of aryl methyl sites for hydroxylation is 1. The molecule has 1 aliphatic rings. The van der Waals surface area contributed by atoms with Crippen LogP contribution >= 0.6 is 22.9 Å². The highest BCUT2D eigenvalue weighted by Crippen LogP contribution is 2.27. The molecule has 1 fully saturated rings. The molecule has 0 saturated heterocycles. The summed E-state index contributed by atoms with van der Waals surface area (Å²) in [7, 11) is 0. The minimum absolute atomic E-state index is 0.440. The highest BCUT2D eigenvalue weighted by Gasteiger charge is 2.18. The third kappa shape index (κ3) is 4.27. The molecule has 1 saturated carbocycles. The van der Waals surface area contributed by atoms with Crippen molar-refractivity contribution in [1.82, 2.24) is 5.32 Å². The Kier molecular flexibility index (Phi) is 5.33. The topological polar surface area (TPSA) is 12.0 Å². The van der Waals surface area contributed by atoms with Gasteiger partial charge in [0.1, 0.15) is 0 Å². The Balaban J connectivity index is 1.65. The Morgan fingerprint density at radius 2 is 1.94 bits per heavy atom. The van der Waals surface area contributed by atoms with Crippen LogP contribution in [0.3, 0.4) is 0 Å². The van der Waals surface area contributed by atoms with Crippen LogP contribution in [0.25, 0.3) is 0 Å². The van der Waals surface area contributed by atoms with Crippen LogP contribution in [0.15, 0.2) is 12.1 Å². The molecule has 17 heavy (non-hydrogen) atoms. The molecular weight excluding hydrogens is 250 g/mol. The predicted octanol–water partition coefficient (Wildman–Crippen LogP) is 4.20. The molecule has 0 atom stereocenters. The van der Waals surface area contributed by atoms with Crippen molar-refractivity contribution in [2.24, 2.45) is 5.92 Å². The van der Waals surface area contributed by atoms with Crippen LogP contribution in [-0.4, -0.2) is 11.9 Å². The van der Waals surface area contributed by atoms with Crippen molar-refractivity contribution in [1.29, 1.82) is 0 Å². The van der Waals surface area contributed by atoms with Gasteiger partial charge in [-0.1, -0.05) is 6.92 Å². The van der Waals surface area contributed by atoms with Crippen molar-refractivity contribution in [3.63, 3.8) is 0 Å². The van der Waals surface area contributed by atoms with Crippen molar-refractivity contribution in [2.45, 2.75) is 50.9 Å². The van der Waals surface area contributed by atoms with E-state index in [1.54, 1.807) is 0 Å². The highest BCUT2D eigenvalue weighted by molar-refractivity contribution is 7.11. The first-order valence-corrected chi connectivity index (χ1v) is 7.95. The van der Waals surface area contributed by atoms with Crippen molar-refractivity contribution in [3.8, 4) is 0 Å². The average Bonchev–Trinajstić information content (AvgIpc) is 2.80. The number of halogens is 1. The number of alkyl halides is 1. The van der Waals surface area contributed by atoms with Gasteiger partial charge >= 0.3 is 0 Å². The Bertz CT molecular complexity index is 329. The summed E-state index contributed by atoms with van der Waals surface area (Å²) in [6.07, 6.45) is 6.15. The number of hydrogen-bond acceptors (Lipinski definition) is 2. The molecule has 1 nitrogen and oxygen atoms in total. The lowest BCUT2D eigenvalue weighted by Gasteiger charge is -2.25. The smallest absolute Gasteiger partial charge is 0.0336 e. The van der Waals surface area contributed by atoms with E-state index in [1.807, 2.05) is 11.3 Å². The molecule has 0 bridgehead atoms. The fourth-order valence-electron chi connectivity index (χ4n) is 2.43. The minimum atomic E-state index is 0.440. The summed E-state index contributed by atoms with van der Waals surface area (Å²) < 4.78 is 0. The summed E-state index contributed by atoms with van der Waals surface area (Å²) in [5, 5.41) is 4.03. The lowest BCUT2D eigenvalue weighted by Crippen LogP contribution is -2.26. The first kappa shape index (κ1) is 13.4. The lowest BCUT2D eigenvalue weighted by molar-refractivity contribution is 0.346. The molecule has 3 heteroatoms. The molecule has 96 valence electrons. The van der Waals surface area contributed by atoms with Gasteiger partial charge in [0.05, 0.1) is 0 Å². The third-order valence-electron chi connectivity index (χ3n) is 3.57. The molecule has 1 aromatic rings. The number of nitrogens with one attached hydrogen (secondary N) is 1. The van der Waals surface area contributed by atoms with Gasteiger partial charge in [-0.15, -0.1) is 22.9 Å². The highest BCUT2D eigenvalue weighted by atomic mass is 35.5. The van der Waals surface area contributed by atoms with Gasteiger partial charge in [-0.2, -0.15) is 0 Å². The van der Waals surface area contributed by atoms with Crippen LogP contribution in [0.4, 0.5) is 0 Å². The second kappa shape index (κ2) is 6.77. The molecular formula is C14H22ClNS. The molecule has 0 unspecified atom stereocenters. The van der Waals surface area contributed by atoms with E-state index >= 15 is 0 Å². The van der Waals surface area contributed by atoms with E-state index < -0.39 is 0 Å². The van der Waals surface area contributed by atoms with E-state index in [1.165, 1.54) is 35.4 Å². The lowest BCUT2D eigenvalue weighted by atomic mass is 9.89. The van der Waals surface area contributed by atoms with Gasteiger partial charge in [0.2, 0.25) is 0 Å². The van der Waals surface area contributed by atoms with Crippen LogP contribution in [0.1, 0.15) is 42.4 Å². The second-order valence-corrected chi connectivity index (χ2v) is 6.84. The van der Waals surface area contributed by atoms with Gasteiger partial charge in [0.15, 0.2) is 0 Å². The van der Waals surface area contributed by atoms with E-state index in [-0.39, 0.29) is 0 Å². The summed E-state index contributed by atoms with van der Waals surface area (Å²) in [5.41, 5.74) is 0. The van der Waals surface area contributed by atoms with Crippen molar-refractivity contribution >= 4 is 22.9 Å². The zero-order valence-electron chi connectivity index (χ0n) is 10.5. The number of hydrogen-bond donors (Lipinski definition) is 1. The standard InChI is InChI=1S/C14H22ClNS/c1-2-13-7-8-14(17-13)10-16-9-11-3-5-12(15)6-4-11/h7-8,11-12,16H,2-6,9-10H2,1H3. The molecule has 2 rings (SSSR count). The number of thiophene rings is 1. The van der Waals surface area contributed by atoms with E-state index in [4.69, 9.17) is 11.6 Å². The maximum absolute atomic E-state index is 6.11. The van der Waals surface area contributed by atoms with E-state index in [0.29, 0.717) is 5.38 Å². The molecule has 0 aromatic carbocycles. The van der Waals surface area contributed by atoms with Gasteiger partial charge in [-0.25, -0.2) is 0 Å². The molecule has 0 spiro atoms. The Morgan fingerprint density at radius 1 is 1.24 bits per heavy atom. The first-order chi connectivity index (χ1) is 8.28. The van der Waals surface area contributed by atoms with Crippen LogP contribution in [0.5, 0.6) is 0 Å². The van der Waals surface area contributed by atoms with Crippen LogP contribution in [0, 0.1) is 5.92 Å². The zero-order valence-corrected chi connectivity index (χ0v) is 12.1. The minimum Gasteiger partial charge on any atom is -0.312 e. The fraction of sp³-hybridized carbons (Fsp3) is 0.714. The normalized spacial score (nSPS) is 25.1. The van der Waals surface area contributed by atoms with Gasteiger partial charge in [-0.05, 0) is 56.7 Å². The van der Waals surface area contributed by atoms with Crippen molar-refractivity contribution in [2.75, 3.05) is 6.54 Å². The summed E-state index contributed by atoms with van der Waals surface area (Å²) in [5.74, 6) is 0.843. The fourth-order valence-corrected chi connectivity index (χ4v) is 3.61. The molecule has 1 heterocycles. The summed E-state index contributed by atoms with van der Waals surface area (Å²) in [6, 6.07) is 4.51. The largest absolute Gasteiger partial charge is 0.312 e. The molecule has 1 aliphatic carbocycles. The van der Waals surface area contributed by atoms with Gasteiger partial charge in [-0.3, -0.25) is 0 Å².